The molecule has 6 heteroatoms. The zero-order chi connectivity index (χ0) is 17.7. The lowest BCUT2D eigenvalue weighted by Crippen LogP contribution is -2.18. The summed E-state index contributed by atoms with van der Waals surface area (Å²) in [7, 11) is 0. The van der Waals surface area contributed by atoms with Crippen LogP contribution in [0.25, 0.3) is 11.3 Å². The second-order valence-electron chi connectivity index (χ2n) is 5.22. The maximum absolute atomic E-state index is 11.9. The second-order valence-corrected chi connectivity index (χ2v) is 5.22. The van der Waals surface area contributed by atoms with Crippen molar-refractivity contribution in [1.82, 2.24) is 5.16 Å². The van der Waals surface area contributed by atoms with Crippen molar-refractivity contribution < 1.29 is 23.6 Å². The van der Waals surface area contributed by atoms with Gasteiger partial charge in [0.1, 0.15) is 5.69 Å². The Labute approximate surface area is 140 Å². The predicted octanol–water partition coefficient (Wildman–Crippen LogP) is 3.37. The molecule has 24 heavy (non-hydrogen) atoms. The summed E-state index contributed by atoms with van der Waals surface area (Å²) in [5.41, 5.74) is 2.51. The number of hydrogen-bond acceptors (Lipinski definition) is 6. The van der Waals surface area contributed by atoms with Gasteiger partial charge in [-0.1, -0.05) is 41.6 Å². The Kier molecular flexibility index (Phi) is 5.52. The van der Waals surface area contributed by atoms with E-state index >= 15 is 0 Å². The molecule has 0 fully saturated rings. The molecule has 1 aromatic carbocycles. The van der Waals surface area contributed by atoms with Gasteiger partial charge in [0.2, 0.25) is 0 Å². The van der Waals surface area contributed by atoms with Gasteiger partial charge in [-0.25, -0.2) is 4.79 Å². The van der Waals surface area contributed by atoms with Crippen LogP contribution in [0.2, 0.25) is 0 Å². The number of rotatable bonds is 6. The molecule has 2 rings (SSSR count). The van der Waals surface area contributed by atoms with Crippen molar-refractivity contribution in [3.8, 4) is 11.3 Å². The molecule has 0 N–H and O–H groups in total. The highest BCUT2D eigenvalue weighted by Gasteiger charge is 2.29. The van der Waals surface area contributed by atoms with Crippen LogP contribution in [0, 0.1) is 6.92 Å². The highest BCUT2D eigenvalue weighted by Crippen LogP contribution is 2.29. The number of ether oxygens (including phenoxy) is 2. The first kappa shape index (κ1) is 17.5. The summed E-state index contributed by atoms with van der Waals surface area (Å²) in [6.07, 6.45) is -1.08. The van der Waals surface area contributed by atoms with E-state index in [1.807, 2.05) is 31.2 Å². The molecule has 0 saturated carbocycles. The lowest BCUT2D eigenvalue weighted by molar-refractivity contribution is -0.148. The van der Waals surface area contributed by atoms with Crippen molar-refractivity contribution in [2.75, 3.05) is 6.61 Å². The second kappa shape index (κ2) is 7.59. The Hall–Kier alpha value is -2.89. The van der Waals surface area contributed by atoms with Crippen LogP contribution in [-0.4, -0.2) is 23.7 Å². The molecular weight excluding hydrogens is 310 g/mol. The summed E-state index contributed by atoms with van der Waals surface area (Å²) in [6.45, 7) is 8.75. The van der Waals surface area contributed by atoms with Crippen LogP contribution in [0.3, 0.4) is 0 Å². The van der Waals surface area contributed by atoms with E-state index in [4.69, 9.17) is 14.0 Å². The Morgan fingerprint density at radius 2 is 1.96 bits per heavy atom. The number of carbonyl (C=O) groups is 2. The maximum Gasteiger partial charge on any atom is 0.337 e. The number of aryl methyl sites for hydroxylation is 1. The summed E-state index contributed by atoms with van der Waals surface area (Å²) < 4.78 is 15.3. The molecule has 0 aliphatic heterocycles. The van der Waals surface area contributed by atoms with Crippen LogP contribution >= 0.6 is 0 Å². The fourth-order valence-corrected chi connectivity index (χ4v) is 2.07. The lowest BCUT2D eigenvalue weighted by atomic mass is 10.1. The first-order chi connectivity index (χ1) is 11.4. The number of nitrogens with zero attached hydrogens (tertiary/aromatic N) is 1. The predicted molar refractivity (Wildman–Crippen MR) is 87.0 cm³/mol. The van der Waals surface area contributed by atoms with Crippen molar-refractivity contribution in [3.05, 3.63) is 53.8 Å². The summed E-state index contributed by atoms with van der Waals surface area (Å²) in [5.74, 6) is -1.02. The highest BCUT2D eigenvalue weighted by molar-refractivity contribution is 5.89. The van der Waals surface area contributed by atoms with Crippen molar-refractivity contribution in [2.45, 2.75) is 26.9 Å². The number of esters is 2. The third kappa shape index (κ3) is 4.10. The topological polar surface area (TPSA) is 78.6 Å². The first-order valence-electron chi connectivity index (χ1n) is 7.49. The Bertz CT molecular complexity index is 745. The van der Waals surface area contributed by atoms with Crippen molar-refractivity contribution in [1.29, 1.82) is 0 Å². The molecule has 0 bridgehead atoms. The van der Waals surface area contributed by atoms with Gasteiger partial charge in [0.15, 0.2) is 11.9 Å². The van der Waals surface area contributed by atoms with E-state index in [0.29, 0.717) is 5.69 Å². The summed E-state index contributed by atoms with van der Waals surface area (Å²) in [5, 5.41) is 3.97. The SMILES string of the molecule is C=C(C(=O)OCC)C(OC(C)=O)c1cc(-c2ccc(C)cc2)no1. The van der Waals surface area contributed by atoms with Gasteiger partial charge < -0.3 is 14.0 Å². The first-order valence-corrected chi connectivity index (χ1v) is 7.49. The molecule has 0 aliphatic carbocycles. The lowest BCUT2D eigenvalue weighted by Gasteiger charge is -2.15. The van der Waals surface area contributed by atoms with Gasteiger partial charge in [0, 0.05) is 18.6 Å². The third-order valence-electron chi connectivity index (χ3n) is 3.27. The molecule has 6 nitrogen and oxygen atoms in total. The van der Waals surface area contributed by atoms with Gasteiger partial charge in [-0.2, -0.15) is 0 Å². The molecule has 126 valence electrons. The third-order valence-corrected chi connectivity index (χ3v) is 3.27. The van der Waals surface area contributed by atoms with Crippen molar-refractivity contribution >= 4 is 11.9 Å². The van der Waals surface area contributed by atoms with Gasteiger partial charge >= 0.3 is 11.9 Å². The molecule has 0 spiro atoms. The minimum Gasteiger partial charge on any atom is -0.463 e. The maximum atomic E-state index is 11.9. The van der Waals surface area contributed by atoms with Gasteiger partial charge in [0.25, 0.3) is 0 Å². The van der Waals surface area contributed by atoms with E-state index < -0.39 is 18.0 Å². The highest BCUT2D eigenvalue weighted by atomic mass is 16.6. The number of hydrogen-bond donors (Lipinski definition) is 0. The fraction of sp³-hybridized carbons (Fsp3) is 0.278. The van der Waals surface area contributed by atoms with E-state index in [2.05, 4.69) is 11.7 Å². The summed E-state index contributed by atoms with van der Waals surface area (Å²) in [4.78, 5) is 23.2. The summed E-state index contributed by atoms with van der Waals surface area (Å²) in [6, 6.07) is 9.31. The Balaban J connectivity index is 2.30. The van der Waals surface area contributed by atoms with E-state index in [9.17, 15) is 9.59 Å². The standard InChI is InChI=1S/C18H19NO5/c1-5-22-18(21)12(3)17(23-13(4)20)16-10-15(19-24-16)14-8-6-11(2)7-9-14/h6-10,17H,3,5H2,1-2,4H3. The molecule has 2 aromatic rings. The minimum atomic E-state index is -1.08. The van der Waals surface area contributed by atoms with Crippen molar-refractivity contribution in [3.63, 3.8) is 0 Å². The smallest absolute Gasteiger partial charge is 0.337 e. The molecule has 0 aliphatic rings. The quantitative estimate of drug-likeness (QED) is 0.597. The molecule has 0 saturated heterocycles. The zero-order valence-corrected chi connectivity index (χ0v) is 13.9. The van der Waals surface area contributed by atoms with Crippen LogP contribution < -0.4 is 0 Å². The van der Waals surface area contributed by atoms with Gasteiger partial charge in [-0.15, -0.1) is 0 Å². The van der Waals surface area contributed by atoms with E-state index in [-0.39, 0.29) is 17.9 Å². The van der Waals surface area contributed by atoms with Gasteiger partial charge in [0.05, 0.1) is 12.2 Å². The van der Waals surface area contributed by atoms with E-state index in [1.54, 1.807) is 13.0 Å². The Morgan fingerprint density at radius 1 is 1.29 bits per heavy atom. The molecule has 0 radical (unpaired) electrons. The normalized spacial score (nSPS) is 11.6. The van der Waals surface area contributed by atoms with Crippen LogP contribution in [0.4, 0.5) is 0 Å². The molecule has 1 unspecified atom stereocenters. The van der Waals surface area contributed by atoms with Crippen LogP contribution in [0.1, 0.15) is 31.3 Å². The molecule has 1 atom stereocenters. The van der Waals surface area contributed by atoms with E-state index in [1.165, 1.54) is 6.92 Å². The molecule has 1 aromatic heterocycles. The average Bonchev–Trinajstić information content (AvgIpc) is 3.02. The van der Waals surface area contributed by atoms with Crippen LogP contribution in [-0.2, 0) is 19.1 Å². The molecule has 0 amide bonds. The fourth-order valence-electron chi connectivity index (χ4n) is 2.07. The minimum absolute atomic E-state index is 0.0290. The Morgan fingerprint density at radius 3 is 2.54 bits per heavy atom. The monoisotopic (exact) mass is 329 g/mol. The average molecular weight is 329 g/mol. The van der Waals surface area contributed by atoms with Gasteiger partial charge in [-0.05, 0) is 13.8 Å². The van der Waals surface area contributed by atoms with Crippen molar-refractivity contribution in [2.24, 2.45) is 0 Å². The van der Waals surface area contributed by atoms with Gasteiger partial charge in [-0.3, -0.25) is 4.79 Å². The number of carbonyl (C=O) groups excluding carboxylic acids is 2. The number of aromatic nitrogens is 1. The van der Waals surface area contributed by atoms with Crippen LogP contribution in [0.5, 0.6) is 0 Å². The number of benzene rings is 1. The van der Waals surface area contributed by atoms with E-state index in [0.717, 1.165) is 11.1 Å². The van der Waals surface area contributed by atoms with Crippen LogP contribution in [0.15, 0.2) is 47.0 Å². The molecule has 1 heterocycles. The molecular formula is C18H19NO5. The largest absolute Gasteiger partial charge is 0.463 e. The zero-order valence-electron chi connectivity index (χ0n) is 13.9. The summed E-state index contributed by atoms with van der Waals surface area (Å²) >= 11 is 0.